The van der Waals surface area contributed by atoms with Crippen molar-refractivity contribution in [1.82, 2.24) is 5.32 Å². The summed E-state index contributed by atoms with van der Waals surface area (Å²) in [6, 6.07) is 14.4. The highest BCUT2D eigenvalue weighted by molar-refractivity contribution is 5.43. The molecule has 2 N–H and O–H groups in total. The van der Waals surface area contributed by atoms with Gasteiger partial charge in [0.25, 0.3) is 0 Å². The molecular weight excluding hydrogens is 314 g/mol. The molecule has 25 heavy (non-hydrogen) atoms. The van der Waals surface area contributed by atoms with E-state index in [0.29, 0.717) is 19.8 Å². The average Bonchev–Trinajstić information content (AvgIpc) is 2.62. The van der Waals surface area contributed by atoms with Crippen LogP contribution in [0, 0.1) is 6.92 Å². The molecule has 0 fully saturated rings. The second-order valence-corrected chi connectivity index (χ2v) is 6.16. The van der Waals surface area contributed by atoms with Gasteiger partial charge in [-0.1, -0.05) is 42.8 Å². The summed E-state index contributed by atoms with van der Waals surface area (Å²) in [6.07, 6.45) is 0.895. The molecule has 0 saturated heterocycles. The van der Waals surface area contributed by atoms with E-state index in [2.05, 4.69) is 37.4 Å². The summed E-state index contributed by atoms with van der Waals surface area (Å²) in [4.78, 5) is 0. The summed E-state index contributed by atoms with van der Waals surface area (Å²) < 4.78 is 11.7. The number of aryl methyl sites for hydroxylation is 1. The van der Waals surface area contributed by atoms with Crippen molar-refractivity contribution in [2.75, 3.05) is 13.2 Å². The minimum absolute atomic E-state index is 0.118. The Morgan fingerprint density at radius 2 is 1.84 bits per heavy atom. The standard InChI is InChI=1S/C21H29NO3/c1-4-19(14-23)22-13-17-9-10-20(21(12-17)24-5-2)25-15-18-8-6-7-16(3)11-18/h6-12,19,22-23H,4-5,13-15H2,1-3H3/t19-/m1/s1. The molecule has 0 aliphatic heterocycles. The quantitative estimate of drug-likeness (QED) is 0.688. The van der Waals surface area contributed by atoms with E-state index in [1.807, 2.05) is 31.2 Å². The van der Waals surface area contributed by atoms with Gasteiger partial charge in [-0.05, 0) is 43.5 Å². The molecule has 1 atom stereocenters. The van der Waals surface area contributed by atoms with E-state index in [0.717, 1.165) is 29.0 Å². The highest BCUT2D eigenvalue weighted by Crippen LogP contribution is 2.29. The maximum absolute atomic E-state index is 9.28. The third-order valence-electron chi connectivity index (χ3n) is 4.09. The zero-order valence-corrected chi connectivity index (χ0v) is 15.4. The number of benzene rings is 2. The van der Waals surface area contributed by atoms with Crippen molar-refractivity contribution < 1.29 is 14.6 Å². The van der Waals surface area contributed by atoms with Crippen molar-refractivity contribution in [2.45, 2.75) is 46.4 Å². The number of ether oxygens (including phenoxy) is 2. The summed E-state index contributed by atoms with van der Waals surface area (Å²) in [5.41, 5.74) is 3.47. The van der Waals surface area contributed by atoms with Gasteiger partial charge in [-0.15, -0.1) is 0 Å². The Kier molecular flexibility index (Phi) is 7.76. The van der Waals surface area contributed by atoms with E-state index < -0.39 is 0 Å². The minimum Gasteiger partial charge on any atom is -0.490 e. The Balaban J connectivity index is 2.04. The first kappa shape index (κ1) is 19.3. The Bertz CT molecular complexity index is 653. The van der Waals surface area contributed by atoms with Crippen LogP contribution >= 0.6 is 0 Å². The third-order valence-corrected chi connectivity index (χ3v) is 4.09. The highest BCUT2D eigenvalue weighted by atomic mass is 16.5. The monoisotopic (exact) mass is 343 g/mol. The van der Waals surface area contributed by atoms with Crippen LogP contribution in [0.25, 0.3) is 0 Å². The molecular formula is C21H29NO3. The normalized spacial score (nSPS) is 12.0. The lowest BCUT2D eigenvalue weighted by atomic mass is 10.1. The molecule has 0 amide bonds. The molecule has 0 unspecified atom stereocenters. The van der Waals surface area contributed by atoms with E-state index in [4.69, 9.17) is 9.47 Å². The molecule has 0 spiro atoms. The number of rotatable bonds is 10. The van der Waals surface area contributed by atoms with Crippen molar-refractivity contribution in [3.05, 3.63) is 59.2 Å². The van der Waals surface area contributed by atoms with Crippen LogP contribution in [0.2, 0.25) is 0 Å². The minimum atomic E-state index is 0.118. The summed E-state index contributed by atoms with van der Waals surface area (Å²) in [5, 5.41) is 12.6. The fourth-order valence-electron chi connectivity index (χ4n) is 2.61. The molecule has 2 rings (SSSR count). The van der Waals surface area contributed by atoms with E-state index in [1.54, 1.807) is 0 Å². The lowest BCUT2D eigenvalue weighted by Gasteiger charge is -2.16. The molecule has 0 saturated carbocycles. The predicted molar refractivity (Wildman–Crippen MR) is 101 cm³/mol. The molecule has 2 aromatic carbocycles. The van der Waals surface area contributed by atoms with Crippen molar-refractivity contribution in [3.63, 3.8) is 0 Å². The van der Waals surface area contributed by atoms with Gasteiger partial charge >= 0.3 is 0 Å². The molecule has 0 aromatic heterocycles. The Morgan fingerprint density at radius 3 is 2.52 bits per heavy atom. The van der Waals surface area contributed by atoms with Gasteiger partial charge in [0.2, 0.25) is 0 Å². The van der Waals surface area contributed by atoms with Crippen LogP contribution in [0.5, 0.6) is 11.5 Å². The smallest absolute Gasteiger partial charge is 0.161 e. The molecule has 4 heteroatoms. The molecule has 2 aromatic rings. The van der Waals surface area contributed by atoms with E-state index in [-0.39, 0.29) is 12.6 Å². The first-order valence-electron chi connectivity index (χ1n) is 8.94. The topological polar surface area (TPSA) is 50.7 Å². The average molecular weight is 343 g/mol. The number of aliphatic hydroxyl groups is 1. The predicted octanol–water partition coefficient (Wildman–Crippen LogP) is 3.83. The molecule has 0 heterocycles. The Hall–Kier alpha value is -2.04. The summed E-state index contributed by atoms with van der Waals surface area (Å²) in [5.74, 6) is 1.51. The van der Waals surface area contributed by atoms with Crippen LogP contribution in [-0.2, 0) is 13.2 Å². The van der Waals surface area contributed by atoms with Crippen molar-refractivity contribution in [1.29, 1.82) is 0 Å². The lowest BCUT2D eigenvalue weighted by Crippen LogP contribution is -2.31. The molecule has 136 valence electrons. The number of aliphatic hydroxyl groups excluding tert-OH is 1. The Labute approximate surface area is 150 Å². The fraction of sp³-hybridized carbons (Fsp3) is 0.429. The summed E-state index contributed by atoms with van der Waals surface area (Å²) in [7, 11) is 0. The SMILES string of the molecule is CCOc1cc(CN[C@H](CC)CO)ccc1OCc1cccc(C)c1. The molecule has 0 bridgehead atoms. The van der Waals surface area contributed by atoms with Crippen molar-refractivity contribution in [2.24, 2.45) is 0 Å². The number of hydrogen-bond acceptors (Lipinski definition) is 4. The van der Waals surface area contributed by atoms with E-state index in [1.165, 1.54) is 5.56 Å². The lowest BCUT2D eigenvalue weighted by molar-refractivity contribution is 0.238. The fourth-order valence-corrected chi connectivity index (χ4v) is 2.61. The van der Waals surface area contributed by atoms with Gasteiger partial charge in [0.05, 0.1) is 13.2 Å². The maximum Gasteiger partial charge on any atom is 0.161 e. The van der Waals surface area contributed by atoms with E-state index in [9.17, 15) is 5.11 Å². The van der Waals surface area contributed by atoms with Crippen molar-refractivity contribution >= 4 is 0 Å². The maximum atomic E-state index is 9.28. The highest BCUT2D eigenvalue weighted by Gasteiger charge is 2.09. The first-order valence-corrected chi connectivity index (χ1v) is 8.94. The molecule has 0 aliphatic carbocycles. The third kappa shape index (κ3) is 6.07. The van der Waals surface area contributed by atoms with Gasteiger partial charge in [0.1, 0.15) is 6.61 Å². The van der Waals surface area contributed by atoms with Crippen molar-refractivity contribution in [3.8, 4) is 11.5 Å². The second kappa shape index (κ2) is 10.1. The molecule has 0 aliphatic rings. The van der Waals surface area contributed by atoms with Gasteiger partial charge in [0.15, 0.2) is 11.5 Å². The van der Waals surface area contributed by atoms with Gasteiger partial charge in [-0.2, -0.15) is 0 Å². The Morgan fingerprint density at radius 1 is 1.00 bits per heavy atom. The first-order chi connectivity index (χ1) is 12.2. The second-order valence-electron chi connectivity index (χ2n) is 6.16. The van der Waals surface area contributed by atoms with Crippen LogP contribution < -0.4 is 14.8 Å². The molecule has 0 radical (unpaired) electrons. The number of nitrogens with one attached hydrogen (secondary N) is 1. The molecule has 4 nitrogen and oxygen atoms in total. The van der Waals surface area contributed by atoms with Crippen LogP contribution in [0.15, 0.2) is 42.5 Å². The van der Waals surface area contributed by atoms with Crippen LogP contribution in [0.4, 0.5) is 0 Å². The van der Waals surface area contributed by atoms with Crippen LogP contribution in [0.3, 0.4) is 0 Å². The van der Waals surface area contributed by atoms with Gasteiger partial charge < -0.3 is 19.9 Å². The van der Waals surface area contributed by atoms with Gasteiger partial charge in [-0.3, -0.25) is 0 Å². The van der Waals surface area contributed by atoms with Gasteiger partial charge in [0, 0.05) is 12.6 Å². The number of hydrogen-bond donors (Lipinski definition) is 2. The summed E-state index contributed by atoms with van der Waals surface area (Å²) in [6.45, 7) is 8.04. The largest absolute Gasteiger partial charge is 0.490 e. The zero-order chi connectivity index (χ0) is 18.1. The van der Waals surface area contributed by atoms with Crippen LogP contribution in [-0.4, -0.2) is 24.4 Å². The van der Waals surface area contributed by atoms with Gasteiger partial charge in [-0.25, -0.2) is 0 Å². The zero-order valence-electron chi connectivity index (χ0n) is 15.4. The summed E-state index contributed by atoms with van der Waals surface area (Å²) >= 11 is 0. The van der Waals surface area contributed by atoms with E-state index >= 15 is 0 Å². The van der Waals surface area contributed by atoms with Crippen LogP contribution in [0.1, 0.15) is 37.0 Å².